The van der Waals surface area contributed by atoms with Crippen LogP contribution >= 0.6 is 11.6 Å². The van der Waals surface area contributed by atoms with Crippen LogP contribution in [0.2, 0.25) is 5.02 Å². The van der Waals surface area contributed by atoms with Crippen molar-refractivity contribution < 1.29 is 5.11 Å². The van der Waals surface area contributed by atoms with Crippen molar-refractivity contribution in [2.24, 2.45) is 17.1 Å². The predicted octanol–water partition coefficient (Wildman–Crippen LogP) is 4.09. The molecule has 3 atom stereocenters. The summed E-state index contributed by atoms with van der Waals surface area (Å²) in [5, 5.41) is 11.9. The lowest BCUT2D eigenvalue weighted by molar-refractivity contribution is -0.102. The predicted molar refractivity (Wildman–Crippen MR) is 84.8 cm³/mol. The number of aliphatic hydroxyl groups is 1. The molecule has 3 N–H and O–H groups in total. The summed E-state index contributed by atoms with van der Waals surface area (Å²) in [4.78, 5) is 0. The lowest BCUT2D eigenvalue weighted by atomic mass is 9.59. The number of rotatable bonds is 4. The molecule has 0 bridgehead atoms. The Kier molecular flexibility index (Phi) is 4.78. The molecule has 3 heteroatoms. The van der Waals surface area contributed by atoms with Gasteiger partial charge in [-0.2, -0.15) is 0 Å². The van der Waals surface area contributed by atoms with Crippen molar-refractivity contribution in [3.63, 3.8) is 0 Å². The summed E-state index contributed by atoms with van der Waals surface area (Å²) in [6, 6.07) is 7.60. The molecular weight excluding hydrogens is 270 g/mol. The van der Waals surface area contributed by atoms with Gasteiger partial charge in [0.25, 0.3) is 0 Å². The van der Waals surface area contributed by atoms with Gasteiger partial charge in [0.2, 0.25) is 0 Å². The van der Waals surface area contributed by atoms with Crippen LogP contribution in [0, 0.1) is 11.3 Å². The smallest absolute Gasteiger partial charge is 0.0950 e. The van der Waals surface area contributed by atoms with Crippen molar-refractivity contribution in [3.05, 3.63) is 34.9 Å². The van der Waals surface area contributed by atoms with Gasteiger partial charge in [-0.25, -0.2) is 0 Å². The Morgan fingerprint density at radius 1 is 1.45 bits per heavy atom. The molecule has 0 spiro atoms. The fraction of sp³-hybridized carbons (Fsp3) is 0.647. The molecule has 0 radical (unpaired) electrons. The van der Waals surface area contributed by atoms with E-state index in [1.54, 1.807) is 0 Å². The zero-order chi connectivity index (χ0) is 14.8. The number of hydrogen-bond donors (Lipinski definition) is 2. The molecule has 2 nitrogen and oxygen atoms in total. The Balaban J connectivity index is 2.41. The SMILES string of the molecule is CCC1CCCC(CN)(C(C)(O)c2ccccc2Cl)C1. The van der Waals surface area contributed by atoms with Crippen LogP contribution in [0.5, 0.6) is 0 Å². The summed E-state index contributed by atoms with van der Waals surface area (Å²) in [6.45, 7) is 4.61. The van der Waals surface area contributed by atoms with E-state index in [9.17, 15) is 5.11 Å². The van der Waals surface area contributed by atoms with Gasteiger partial charge in [0.05, 0.1) is 5.60 Å². The molecule has 0 heterocycles. The first-order valence-electron chi connectivity index (χ1n) is 7.64. The third-order valence-corrected chi connectivity index (χ3v) is 5.68. The normalized spacial score (nSPS) is 29.9. The maximum absolute atomic E-state index is 11.3. The topological polar surface area (TPSA) is 46.2 Å². The monoisotopic (exact) mass is 295 g/mol. The van der Waals surface area contributed by atoms with E-state index in [2.05, 4.69) is 6.92 Å². The van der Waals surface area contributed by atoms with E-state index in [-0.39, 0.29) is 5.41 Å². The maximum Gasteiger partial charge on any atom is 0.0950 e. The summed E-state index contributed by atoms with van der Waals surface area (Å²) < 4.78 is 0. The van der Waals surface area contributed by atoms with Gasteiger partial charge in [0, 0.05) is 22.5 Å². The zero-order valence-electron chi connectivity index (χ0n) is 12.5. The van der Waals surface area contributed by atoms with E-state index >= 15 is 0 Å². The van der Waals surface area contributed by atoms with E-state index < -0.39 is 5.60 Å². The van der Waals surface area contributed by atoms with E-state index in [1.165, 1.54) is 6.42 Å². The van der Waals surface area contributed by atoms with Crippen LogP contribution in [0.3, 0.4) is 0 Å². The van der Waals surface area contributed by atoms with Crippen LogP contribution in [0.15, 0.2) is 24.3 Å². The molecule has 20 heavy (non-hydrogen) atoms. The van der Waals surface area contributed by atoms with Crippen LogP contribution in [-0.2, 0) is 5.60 Å². The fourth-order valence-electron chi connectivity index (χ4n) is 3.80. The van der Waals surface area contributed by atoms with Crippen molar-refractivity contribution in [2.75, 3.05) is 6.54 Å². The highest BCUT2D eigenvalue weighted by Crippen LogP contribution is 2.52. The third-order valence-electron chi connectivity index (χ3n) is 5.35. The fourth-order valence-corrected chi connectivity index (χ4v) is 4.12. The largest absolute Gasteiger partial charge is 0.385 e. The Bertz CT molecular complexity index is 460. The quantitative estimate of drug-likeness (QED) is 0.879. The van der Waals surface area contributed by atoms with Crippen LogP contribution in [0.25, 0.3) is 0 Å². The van der Waals surface area contributed by atoms with Crippen LogP contribution in [0.4, 0.5) is 0 Å². The van der Waals surface area contributed by atoms with E-state index in [0.29, 0.717) is 17.5 Å². The molecule has 1 saturated carbocycles. The minimum atomic E-state index is -0.978. The van der Waals surface area contributed by atoms with Crippen molar-refractivity contribution in [3.8, 4) is 0 Å². The molecule has 0 aliphatic heterocycles. The molecule has 1 aliphatic rings. The molecular formula is C17H26ClNO. The van der Waals surface area contributed by atoms with Gasteiger partial charge in [-0.1, -0.05) is 56.0 Å². The van der Waals surface area contributed by atoms with Gasteiger partial charge in [0.15, 0.2) is 0 Å². The van der Waals surface area contributed by atoms with Crippen LogP contribution < -0.4 is 5.73 Å². The molecule has 0 aromatic heterocycles. The molecule has 0 amide bonds. The van der Waals surface area contributed by atoms with Gasteiger partial charge in [-0.05, 0) is 31.7 Å². The minimum Gasteiger partial charge on any atom is -0.385 e. The average molecular weight is 296 g/mol. The lowest BCUT2D eigenvalue weighted by Crippen LogP contribution is -2.51. The summed E-state index contributed by atoms with van der Waals surface area (Å²) in [6.07, 6.45) is 5.49. The van der Waals surface area contributed by atoms with Gasteiger partial charge < -0.3 is 10.8 Å². The first kappa shape index (κ1) is 15.8. The zero-order valence-corrected chi connectivity index (χ0v) is 13.3. The van der Waals surface area contributed by atoms with Gasteiger partial charge in [-0.15, -0.1) is 0 Å². The van der Waals surface area contributed by atoms with E-state index in [0.717, 1.165) is 31.2 Å². The highest BCUT2D eigenvalue weighted by atomic mass is 35.5. The van der Waals surface area contributed by atoms with E-state index in [1.807, 2.05) is 31.2 Å². The van der Waals surface area contributed by atoms with Crippen LogP contribution in [0.1, 0.15) is 51.5 Å². The third kappa shape index (κ3) is 2.61. The standard InChI is InChI=1S/C17H26ClNO/c1-3-13-7-6-10-17(11-13,12-19)16(2,20)14-8-4-5-9-15(14)18/h4-5,8-9,13,20H,3,6-7,10-12,19H2,1-2H3. The Hall–Kier alpha value is -0.570. The van der Waals surface area contributed by atoms with Crippen LogP contribution in [-0.4, -0.2) is 11.7 Å². The molecule has 1 fully saturated rings. The first-order valence-corrected chi connectivity index (χ1v) is 8.02. The molecule has 1 aromatic rings. The summed E-state index contributed by atoms with van der Waals surface area (Å²) in [7, 11) is 0. The second-order valence-electron chi connectivity index (χ2n) is 6.41. The molecule has 1 aliphatic carbocycles. The minimum absolute atomic E-state index is 0.267. The van der Waals surface area contributed by atoms with Crippen molar-refractivity contribution in [2.45, 2.75) is 51.6 Å². The van der Waals surface area contributed by atoms with Crippen molar-refractivity contribution >= 4 is 11.6 Å². The van der Waals surface area contributed by atoms with Gasteiger partial charge >= 0.3 is 0 Å². The second kappa shape index (κ2) is 6.05. The number of hydrogen-bond acceptors (Lipinski definition) is 2. The maximum atomic E-state index is 11.3. The highest BCUT2D eigenvalue weighted by molar-refractivity contribution is 6.31. The van der Waals surface area contributed by atoms with Crippen molar-refractivity contribution in [1.82, 2.24) is 0 Å². The molecule has 0 saturated heterocycles. The Morgan fingerprint density at radius 2 is 2.15 bits per heavy atom. The molecule has 112 valence electrons. The Labute approximate surface area is 127 Å². The Morgan fingerprint density at radius 3 is 2.75 bits per heavy atom. The molecule has 3 unspecified atom stereocenters. The summed E-state index contributed by atoms with van der Waals surface area (Å²) in [5.41, 5.74) is 5.69. The van der Waals surface area contributed by atoms with Gasteiger partial charge in [-0.3, -0.25) is 0 Å². The highest BCUT2D eigenvalue weighted by Gasteiger charge is 2.49. The number of benzene rings is 1. The average Bonchev–Trinajstić information content (AvgIpc) is 2.47. The number of halogens is 1. The van der Waals surface area contributed by atoms with E-state index in [4.69, 9.17) is 17.3 Å². The second-order valence-corrected chi connectivity index (χ2v) is 6.81. The molecule has 2 rings (SSSR count). The molecule has 1 aromatic carbocycles. The van der Waals surface area contributed by atoms with Gasteiger partial charge in [0.1, 0.15) is 0 Å². The first-order chi connectivity index (χ1) is 9.47. The summed E-state index contributed by atoms with van der Waals surface area (Å²) in [5.74, 6) is 0.654. The van der Waals surface area contributed by atoms with Crippen molar-refractivity contribution in [1.29, 1.82) is 0 Å². The lowest BCUT2D eigenvalue weighted by Gasteiger charge is -2.50. The number of nitrogens with two attached hydrogens (primary N) is 1. The summed E-state index contributed by atoms with van der Waals surface area (Å²) >= 11 is 6.32.